The lowest BCUT2D eigenvalue weighted by atomic mass is 10.00. The Morgan fingerprint density at radius 2 is 1.55 bits per heavy atom. The van der Waals surface area contributed by atoms with Crippen LogP contribution in [0.25, 0.3) is 0 Å². The highest BCUT2D eigenvalue weighted by Crippen LogP contribution is 2.19. The SMILES string of the molecule is Cc1nc(C(C)C)nc(C(C)Cc2ccc(N)cc2)n1. The molecule has 4 heteroatoms. The van der Waals surface area contributed by atoms with E-state index < -0.39 is 0 Å². The molecule has 0 fully saturated rings. The van der Waals surface area contributed by atoms with Crippen LogP contribution in [0.1, 0.15) is 55.6 Å². The molecule has 0 aliphatic heterocycles. The molecule has 4 nitrogen and oxygen atoms in total. The van der Waals surface area contributed by atoms with E-state index in [1.807, 2.05) is 19.1 Å². The summed E-state index contributed by atoms with van der Waals surface area (Å²) in [6.45, 7) is 8.27. The van der Waals surface area contributed by atoms with Gasteiger partial charge in [-0.1, -0.05) is 32.9 Å². The van der Waals surface area contributed by atoms with Gasteiger partial charge < -0.3 is 5.73 Å². The molecular weight excluding hydrogens is 248 g/mol. The fourth-order valence-electron chi connectivity index (χ4n) is 2.10. The van der Waals surface area contributed by atoms with Gasteiger partial charge >= 0.3 is 0 Å². The molecule has 1 unspecified atom stereocenters. The normalized spacial score (nSPS) is 12.7. The number of rotatable bonds is 4. The van der Waals surface area contributed by atoms with Crippen molar-refractivity contribution in [2.24, 2.45) is 0 Å². The topological polar surface area (TPSA) is 64.7 Å². The molecule has 0 aliphatic carbocycles. The molecule has 0 saturated carbocycles. The van der Waals surface area contributed by atoms with Crippen LogP contribution in [0.2, 0.25) is 0 Å². The highest BCUT2D eigenvalue weighted by Gasteiger charge is 2.14. The molecule has 1 heterocycles. The highest BCUT2D eigenvalue weighted by atomic mass is 15.0. The Hall–Kier alpha value is -1.97. The van der Waals surface area contributed by atoms with Crippen LogP contribution in [-0.2, 0) is 6.42 Å². The summed E-state index contributed by atoms with van der Waals surface area (Å²) in [6.07, 6.45) is 0.904. The van der Waals surface area contributed by atoms with Crippen molar-refractivity contribution in [3.63, 3.8) is 0 Å². The molecule has 0 bridgehead atoms. The van der Waals surface area contributed by atoms with Gasteiger partial charge in [0.25, 0.3) is 0 Å². The second kappa shape index (κ2) is 5.99. The zero-order chi connectivity index (χ0) is 14.7. The standard InChI is InChI=1S/C16H22N4/c1-10(2)15-18-12(4)19-16(20-15)11(3)9-13-5-7-14(17)8-6-13/h5-8,10-11H,9,17H2,1-4H3. The summed E-state index contributed by atoms with van der Waals surface area (Å²) in [5.41, 5.74) is 7.75. The van der Waals surface area contributed by atoms with E-state index in [1.165, 1.54) is 5.56 Å². The van der Waals surface area contributed by atoms with E-state index in [1.54, 1.807) is 0 Å². The van der Waals surface area contributed by atoms with E-state index in [4.69, 9.17) is 5.73 Å². The first-order valence-corrected chi connectivity index (χ1v) is 7.02. The molecule has 0 radical (unpaired) electrons. The van der Waals surface area contributed by atoms with Crippen LogP contribution in [-0.4, -0.2) is 15.0 Å². The third kappa shape index (κ3) is 3.53. The zero-order valence-electron chi connectivity index (χ0n) is 12.6. The van der Waals surface area contributed by atoms with Gasteiger partial charge in [0.2, 0.25) is 0 Å². The van der Waals surface area contributed by atoms with Crippen molar-refractivity contribution in [3.8, 4) is 0 Å². The lowest BCUT2D eigenvalue weighted by Crippen LogP contribution is -2.11. The van der Waals surface area contributed by atoms with Crippen LogP contribution in [0.15, 0.2) is 24.3 Å². The van der Waals surface area contributed by atoms with Crippen LogP contribution in [0.5, 0.6) is 0 Å². The Balaban J connectivity index is 2.20. The van der Waals surface area contributed by atoms with Crippen molar-refractivity contribution in [2.45, 2.75) is 46.0 Å². The molecule has 0 amide bonds. The largest absolute Gasteiger partial charge is 0.399 e. The molecular formula is C16H22N4. The van der Waals surface area contributed by atoms with Gasteiger partial charge in [-0.25, -0.2) is 15.0 Å². The van der Waals surface area contributed by atoms with E-state index >= 15 is 0 Å². The fourth-order valence-corrected chi connectivity index (χ4v) is 2.10. The van der Waals surface area contributed by atoms with Gasteiger partial charge in [0.05, 0.1) is 0 Å². The lowest BCUT2D eigenvalue weighted by Gasteiger charge is -2.13. The third-order valence-corrected chi connectivity index (χ3v) is 3.26. The number of benzene rings is 1. The zero-order valence-corrected chi connectivity index (χ0v) is 12.6. The minimum atomic E-state index is 0.262. The van der Waals surface area contributed by atoms with E-state index in [2.05, 4.69) is 47.9 Å². The first-order chi connectivity index (χ1) is 9.45. The predicted molar refractivity (Wildman–Crippen MR) is 81.6 cm³/mol. The Morgan fingerprint density at radius 1 is 0.950 bits per heavy atom. The molecule has 1 aromatic carbocycles. The highest BCUT2D eigenvalue weighted by molar-refractivity contribution is 5.39. The van der Waals surface area contributed by atoms with Crippen LogP contribution in [0, 0.1) is 6.92 Å². The number of hydrogen-bond donors (Lipinski definition) is 1. The van der Waals surface area contributed by atoms with Gasteiger partial charge in [0.1, 0.15) is 17.5 Å². The van der Waals surface area contributed by atoms with Crippen LogP contribution in [0.3, 0.4) is 0 Å². The number of nitrogens with two attached hydrogens (primary N) is 1. The van der Waals surface area contributed by atoms with Crippen molar-refractivity contribution in [1.29, 1.82) is 0 Å². The van der Waals surface area contributed by atoms with Gasteiger partial charge in [0.15, 0.2) is 0 Å². The summed E-state index contributed by atoms with van der Waals surface area (Å²) in [4.78, 5) is 13.5. The smallest absolute Gasteiger partial charge is 0.135 e. The average Bonchev–Trinajstić information content (AvgIpc) is 2.40. The maximum Gasteiger partial charge on any atom is 0.135 e. The van der Waals surface area contributed by atoms with Gasteiger partial charge in [0, 0.05) is 17.5 Å². The molecule has 1 aromatic heterocycles. The Bertz CT molecular complexity index is 576. The number of anilines is 1. The van der Waals surface area contributed by atoms with Gasteiger partial charge in [-0.05, 0) is 31.0 Å². The summed E-state index contributed by atoms with van der Waals surface area (Å²) in [5, 5.41) is 0. The molecule has 0 saturated heterocycles. The number of nitrogen functional groups attached to an aromatic ring is 1. The summed E-state index contributed by atoms with van der Waals surface area (Å²) < 4.78 is 0. The van der Waals surface area contributed by atoms with Gasteiger partial charge in [-0.3, -0.25) is 0 Å². The Morgan fingerprint density at radius 3 is 2.15 bits per heavy atom. The van der Waals surface area contributed by atoms with Crippen molar-refractivity contribution in [2.75, 3.05) is 5.73 Å². The summed E-state index contributed by atoms with van der Waals surface area (Å²) >= 11 is 0. The predicted octanol–water partition coefficient (Wildman–Crippen LogP) is 3.23. The lowest BCUT2D eigenvalue weighted by molar-refractivity contribution is 0.647. The van der Waals surface area contributed by atoms with E-state index in [0.717, 1.165) is 29.6 Å². The number of nitrogens with zero attached hydrogens (tertiary/aromatic N) is 3. The van der Waals surface area contributed by atoms with Gasteiger partial charge in [-0.2, -0.15) is 0 Å². The van der Waals surface area contributed by atoms with Crippen LogP contribution < -0.4 is 5.73 Å². The molecule has 0 spiro atoms. The van der Waals surface area contributed by atoms with E-state index in [-0.39, 0.29) is 5.92 Å². The molecule has 0 aliphatic rings. The van der Waals surface area contributed by atoms with Crippen LogP contribution >= 0.6 is 0 Å². The average molecular weight is 270 g/mol. The first kappa shape index (κ1) is 14.4. The maximum atomic E-state index is 5.71. The minimum absolute atomic E-state index is 0.262. The van der Waals surface area contributed by atoms with Crippen molar-refractivity contribution >= 4 is 5.69 Å². The van der Waals surface area contributed by atoms with Crippen molar-refractivity contribution < 1.29 is 0 Å². The minimum Gasteiger partial charge on any atom is -0.399 e. The molecule has 106 valence electrons. The Kier molecular flexibility index (Phi) is 4.32. The Labute approximate surface area is 120 Å². The van der Waals surface area contributed by atoms with E-state index in [0.29, 0.717) is 5.92 Å². The molecule has 2 rings (SSSR count). The van der Waals surface area contributed by atoms with Crippen molar-refractivity contribution in [3.05, 3.63) is 47.3 Å². The summed E-state index contributed by atoms with van der Waals surface area (Å²) in [6, 6.07) is 7.98. The fraction of sp³-hybridized carbons (Fsp3) is 0.438. The van der Waals surface area contributed by atoms with Crippen molar-refractivity contribution in [1.82, 2.24) is 15.0 Å². The number of hydrogen-bond acceptors (Lipinski definition) is 4. The second-order valence-electron chi connectivity index (χ2n) is 5.60. The number of aromatic nitrogens is 3. The number of aryl methyl sites for hydroxylation is 1. The quantitative estimate of drug-likeness (QED) is 0.866. The molecule has 2 N–H and O–H groups in total. The first-order valence-electron chi connectivity index (χ1n) is 7.02. The third-order valence-electron chi connectivity index (χ3n) is 3.26. The second-order valence-corrected chi connectivity index (χ2v) is 5.60. The molecule has 1 atom stereocenters. The molecule has 20 heavy (non-hydrogen) atoms. The maximum absolute atomic E-state index is 5.71. The van der Waals surface area contributed by atoms with Crippen LogP contribution in [0.4, 0.5) is 5.69 Å². The van der Waals surface area contributed by atoms with E-state index in [9.17, 15) is 0 Å². The monoisotopic (exact) mass is 270 g/mol. The molecule has 2 aromatic rings. The summed E-state index contributed by atoms with van der Waals surface area (Å²) in [5.74, 6) is 3.12. The van der Waals surface area contributed by atoms with Gasteiger partial charge in [-0.15, -0.1) is 0 Å². The summed E-state index contributed by atoms with van der Waals surface area (Å²) in [7, 11) is 0.